The molecule has 0 saturated heterocycles. The van der Waals surface area contributed by atoms with Crippen LogP contribution in [0.1, 0.15) is 13.8 Å². The third-order valence-electron chi connectivity index (χ3n) is 5.90. The molecule has 0 fully saturated rings. The molecule has 2 unspecified atom stereocenters. The molecule has 5 rings (SSSR count). The van der Waals surface area contributed by atoms with E-state index in [9.17, 15) is 4.79 Å². The molecule has 0 bridgehead atoms. The van der Waals surface area contributed by atoms with Crippen LogP contribution in [0.4, 0.5) is 23.3 Å². The number of benzene rings is 2. The van der Waals surface area contributed by atoms with Gasteiger partial charge in [-0.2, -0.15) is 20.2 Å². The lowest BCUT2D eigenvalue weighted by atomic mass is 10.2. The predicted molar refractivity (Wildman–Crippen MR) is 134 cm³/mol. The zero-order chi connectivity index (χ0) is 24.5. The summed E-state index contributed by atoms with van der Waals surface area (Å²) >= 11 is 0. The van der Waals surface area contributed by atoms with Crippen LogP contribution in [0.5, 0.6) is 11.5 Å². The van der Waals surface area contributed by atoms with Crippen molar-refractivity contribution in [2.24, 2.45) is 10.2 Å². The number of hydrogen-bond donors (Lipinski definition) is 1. The van der Waals surface area contributed by atoms with Crippen molar-refractivity contribution in [3.63, 3.8) is 0 Å². The van der Waals surface area contributed by atoms with Crippen molar-refractivity contribution in [2.45, 2.75) is 26.2 Å². The lowest BCUT2D eigenvalue weighted by Gasteiger charge is -2.28. The molecular weight excluding hydrogens is 450 g/mol. The van der Waals surface area contributed by atoms with Gasteiger partial charge in [-0.15, -0.1) is 0 Å². The molecule has 12 nitrogen and oxygen atoms in total. The summed E-state index contributed by atoms with van der Waals surface area (Å²) < 4.78 is 10.5. The lowest BCUT2D eigenvalue weighted by molar-refractivity contribution is 0.414. The fourth-order valence-electron chi connectivity index (χ4n) is 3.94. The summed E-state index contributed by atoms with van der Waals surface area (Å²) in [6.45, 7) is 3.91. The molecule has 0 aliphatic carbocycles. The molecule has 2 atom stereocenters. The largest absolute Gasteiger partial charge is 0.497 e. The van der Waals surface area contributed by atoms with Crippen LogP contribution in [0.15, 0.2) is 63.5 Å². The Kier molecular flexibility index (Phi) is 5.69. The van der Waals surface area contributed by atoms with Crippen LogP contribution < -0.4 is 35.0 Å². The summed E-state index contributed by atoms with van der Waals surface area (Å²) in [4.78, 5) is 27.7. The number of hydrazone groups is 2. The minimum atomic E-state index is -0.541. The SMILES string of the molecule is COc1ccc(N2C=NN(c3nc(N4N=CN(c5ccc(OC)cc5)C4C)[nH]c(=O)n3)C2C)cc1. The van der Waals surface area contributed by atoms with E-state index in [-0.39, 0.29) is 24.2 Å². The molecule has 0 spiro atoms. The van der Waals surface area contributed by atoms with Gasteiger partial charge in [-0.25, -0.2) is 14.8 Å². The lowest BCUT2D eigenvalue weighted by Crippen LogP contribution is -2.41. The van der Waals surface area contributed by atoms with E-state index < -0.39 is 5.69 Å². The highest BCUT2D eigenvalue weighted by molar-refractivity contribution is 5.85. The van der Waals surface area contributed by atoms with Gasteiger partial charge in [0.25, 0.3) is 5.95 Å². The number of H-pyrrole nitrogens is 1. The van der Waals surface area contributed by atoms with Gasteiger partial charge in [0.05, 0.1) is 14.2 Å². The Morgan fingerprint density at radius 1 is 0.743 bits per heavy atom. The van der Waals surface area contributed by atoms with E-state index in [1.54, 1.807) is 36.9 Å². The minimum absolute atomic E-state index is 0.175. The number of methoxy groups -OCH3 is 2. The van der Waals surface area contributed by atoms with Crippen molar-refractivity contribution in [1.82, 2.24) is 15.0 Å². The number of aromatic amines is 1. The maximum Gasteiger partial charge on any atom is 0.351 e. The van der Waals surface area contributed by atoms with E-state index >= 15 is 0 Å². The van der Waals surface area contributed by atoms with E-state index in [1.165, 1.54) is 0 Å². The molecule has 0 radical (unpaired) electrons. The highest BCUT2D eigenvalue weighted by Crippen LogP contribution is 2.29. The maximum absolute atomic E-state index is 12.5. The summed E-state index contributed by atoms with van der Waals surface area (Å²) in [7, 11) is 3.25. The van der Waals surface area contributed by atoms with Crippen molar-refractivity contribution >= 4 is 35.9 Å². The van der Waals surface area contributed by atoms with Gasteiger partial charge in [0.1, 0.15) is 36.5 Å². The Morgan fingerprint density at radius 2 is 1.23 bits per heavy atom. The zero-order valence-electron chi connectivity index (χ0n) is 19.7. The number of anilines is 4. The Morgan fingerprint density at radius 3 is 1.74 bits per heavy atom. The van der Waals surface area contributed by atoms with E-state index in [0.29, 0.717) is 0 Å². The summed E-state index contributed by atoms with van der Waals surface area (Å²) in [5.74, 6) is 1.97. The first-order valence-electron chi connectivity index (χ1n) is 11.0. The zero-order valence-corrected chi connectivity index (χ0v) is 19.7. The molecule has 2 aliphatic rings. The molecule has 0 saturated carbocycles. The molecule has 35 heavy (non-hydrogen) atoms. The van der Waals surface area contributed by atoms with Crippen molar-refractivity contribution in [1.29, 1.82) is 0 Å². The van der Waals surface area contributed by atoms with Crippen LogP contribution in [0.2, 0.25) is 0 Å². The van der Waals surface area contributed by atoms with E-state index in [2.05, 4.69) is 25.2 Å². The molecule has 2 aromatic carbocycles. The van der Waals surface area contributed by atoms with Gasteiger partial charge in [0.2, 0.25) is 5.95 Å². The number of aromatic nitrogens is 3. The first-order valence-corrected chi connectivity index (χ1v) is 11.0. The quantitative estimate of drug-likeness (QED) is 0.574. The van der Waals surface area contributed by atoms with Crippen LogP contribution in [-0.4, -0.2) is 54.2 Å². The summed E-state index contributed by atoms with van der Waals surface area (Å²) in [6, 6.07) is 15.3. The van der Waals surface area contributed by atoms with Gasteiger partial charge in [0.15, 0.2) is 0 Å². The third-order valence-corrected chi connectivity index (χ3v) is 5.90. The first-order chi connectivity index (χ1) is 17.0. The fraction of sp³-hybridized carbons (Fsp3) is 0.261. The molecule has 1 aromatic heterocycles. The van der Waals surface area contributed by atoms with Crippen LogP contribution in [0, 0.1) is 0 Å². The second kappa shape index (κ2) is 8.97. The second-order valence-electron chi connectivity index (χ2n) is 7.90. The standard InChI is InChI=1S/C23H25N9O3/c1-15-29(17-5-9-19(34-3)10-6-17)13-24-31(15)21-26-22(28-23(33)27-21)32-16(2)30(14-25-32)18-7-11-20(35-4)12-8-18/h5-16H,1-4H3,(H,26,27,28,33). The fourth-order valence-corrected chi connectivity index (χ4v) is 3.94. The maximum atomic E-state index is 12.5. The highest BCUT2D eigenvalue weighted by atomic mass is 16.5. The van der Waals surface area contributed by atoms with Gasteiger partial charge >= 0.3 is 5.69 Å². The number of nitrogens with one attached hydrogen (secondary N) is 1. The van der Waals surface area contributed by atoms with Gasteiger partial charge in [-0.05, 0) is 62.4 Å². The van der Waals surface area contributed by atoms with Crippen LogP contribution in [0.3, 0.4) is 0 Å². The third kappa shape index (κ3) is 4.09. The van der Waals surface area contributed by atoms with Crippen molar-refractivity contribution in [3.8, 4) is 11.5 Å². The molecule has 180 valence electrons. The summed E-state index contributed by atoms with van der Waals surface area (Å²) in [6.07, 6.45) is 2.87. The minimum Gasteiger partial charge on any atom is -0.497 e. The van der Waals surface area contributed by atoms with Crippen molar-refractivity contribution < 1.29 is 9.47 Å². The van der Waals surface area contributed by atoms with Crippen LogP contribution in [0.25, 0.3) is 0 Å². The first kappa shape index (κ1) is 22.2. The van der Waals surface area contributed by atoms with Crippen LogP contribution in [-0.2, 0) is 0 Å². The Hall–Kier alpha value is -4.61. The average Bonchev–Trinajstić information content (AvgIpc) is 3.46. The van der Waals surface area contributed by atoms with Gasteiger partial charge < -0.3 is 19.3 Å². The topological polar surface area (TPSA) is 115 Å². The smallest absolute Gasteiger partial charge is 0.351 e. The number of ether oxygens (including phenoxy) is 2. The number of nitrogens with zero attached hydrogens (tertiary/aromatic N) is 8. The van der Waals surface area contributed by atoms with E-state index in [0.717, 1.165) is 22.9 Å². The molecule has 12 heteroatoms. The van der Waals surface area contributed by atoms with Gasteiger partial charge in [0, 0.05) is 11.4 Å². The van der Waals surface area contributed by atoms with Crippen molar-refractivity contribution in [3.05, 3.63) is 59.0 Å². The molecule has 2 aliphatic heterocycles. The molecule has 3 aromatic rings. The number of rotatable bonds is 6. The van der Waals surface area contributed by atoms with Gasteiger partial charge in [-0.3, -0.25) is 4.98 Å². The number of hydrogen-bond acceptors (Lipinski definition) is 11. The molecule has 3 heterocycles. The van der Waals surface area contributed by atoms with Crippen molar-refractivity contribution in [2.75, 3.05) is 34.0 Å². The van der Waals surface area contributed by atoms with Crippen LogP contribution >= 0.6 is 0 Å². The summed E-state index contributed by atoms with van der Waals surface area (Å²) in [5, 5.41) is 12.1. The molecule has 1 N–H and O–H groups in total. The Bertz CT molecular complexity index is 1210. The summed E-state index contributed by atoms with van der Waals surface area (Å²) in [5.41, 5.74) is 1.30. The Labute approximate surface area is 201 Å². The van der Waals surface area contributed by atoms with E-state index in [1.807, 2.05) is 72.2 Å². The monoisotopic (exact) mass is 475 g/mol. The highest BCUT2D eigenvalue weighted by Gasteiger charge is 2.32. The van der Waals surface area contributed by atoms with Gasteiger partial charge in [-0.1, -0.05) is 0 Å². The Balaban J connectivity index is 1.37. The normalized spacial score (nSPS) is 19.1. The predicted octanol–water partition coefficient (Wildman–Crippen LogP) is 2.41. The average molecular weight is 476 g/mol. The second-order valence-corrected chi connectivity index (χ2v) is 7.90. The van der Waals surface area contributed by atoms with E-state index in [4.69, 9.17) is 9.47 Å². The molecular formula is C23H25N9O3. The molecule has 0 amide bonds.